The molecule has 0 bridgehead atoms. The molecule has 1 aromatic carbocycles. The van der Waals surface area contributed by atoms with Crippen molar-refractivity contribution in [3.8, 4) is 5.75 Å². The predicted molar refractivity (Wildman–Crippen MR) is 64.1 cm³/mol. The van der Waals surface area contributed by atoms with Crippen LogP contribution in [0.3, 0.4) is 0 Å². The standard InChI is InChI=1S/C12H13N3O2/c1-7-5-9(3-4-10(7)16)12(17)14-11-8(2)6-13-15-11/h3-6,16H,1-2H3,(H2,13,14,15,17). The molecule has 0 atom stereocenters. The number of hydrogen-bond acceptors (Lipinski definition) is 3. The van der Waals surface area contributed by atoms with Gasteiger partial charge in [0.1, 0.15) is 11.6 Å². The second-order valence-electron chi connectivity index (χ2n) is 3.88. The zero-order chi connectivity index (χ0) is 12.4. The summed E-state index contributed by atoms with van der Waals surface area (Å²) < 4.78 is 0. The number of nitrogens with one attached hydrogen (secondary N) is 2. The van der Waals surface area contributed by atoms with Crippen LogP contribution in [0.25, 0.3) is 0 Å². The molecule has 17 heavy (non-hydrogen) atoms. The van der Waals surface area contributed by atoms with Crippen LogP contribution in [0.2, 0.25) is 0 Å². The van der Waals surface area contributed by atoms with Crippen LogP contribution in [0.5, 0.6) is 5.75 Å². The Balaban J connectivity index is 2.20. The third-order valence-electron chi connectivity index (χ3n) is 2.53. The number of aromatic amines is 1. The number of aryl methyl sites for hydroxylation is 2. The van der Waals surface area contributed by atoms with Gasteiger partial charge in [-0.05, 0) is 37.6 Å². The summed E-state index contributed by atoms with van der Waals surface area (Å²) in [5.74, 6) is 0.528. The number of aromatic nitrogens is 2. The third kappa shape index (κ3) is 2.28. The SMILES string of the molecule is Cc1cc(C(=O)Nc2[nH]ncc2C)ccc1O. The number of aromatic hydroxyl groups is 1. The van der Waals surface area contributed by atoms with Crippen LogP contribution in [-0.4, -0.2) is 21.2 Å². The first kappa shape index (κ1) is 11.2. The number of H-pyrrole nitrogens is 1. The number of phenols is 1. The zero-order valence-electron chi connectivity index (χ0n) is 9.61. The van der Waals surface area contributed by atoms with Gasteiger partial charge in [0.2, 0.25) is 0 Å². The highest BCUT2D eigenvalue weighted by molar-refractivity contribution is 6.04. The fourth-order valence-corrected chi connectivity index (χ4v) is 1.46. The molecule has 0 aliphatic heterocycles. The molecule has 5 nitrogen and oxygen atoms in total. The van der Waals surface area contributed by atoms with E-state index < -0.39 is 0 Å². The summed E-state index contributed by atoms with van der Waals surface area (Å²) in [4.78, 5) is 11.9. The molecule has 0 radical (unpaired) electrons. The first-order valence-corrected chi connectivity index (χ1v) is 5.19. The van der Waals surface area contributed by atoms with Crippen molar-refractivity contribution in [2.45, 2.75) is 13.8 Å². The van der Waals surface area contributed by atoms with E-state index in [0.29, 0.717) is 16.9 Å². The number of anilines is 1. The van der Waals surface area contributed by atoms with E-state index in [1.54, 1.807) is 25.3 Å². The van der Waals surface area contributed by atoms with Gasteiger partial charge in [-0.3, -0.25) is 9.89 Å². The maximum atomic E-state index is 11.9. The largest absolute Gasteiger partial charge is 0.508 e. The summed E-state index contributed by atoms with van der Waals surface area (Å²) in [6.45, 7) is 3.59. The molecule has 1 aromatic heterocycles. The Morgan fingerprint density at radius 2 is 2.12 bits per heavy atom. The van der Waals surface area contributed by atoms with Gasteiger partial charge in [-0.2, -0.15) is 5.10 Å². The summed E-state index contributed by atoms with van der Waals surface area (Å²) in [6.07, 6.45) is 1.64. The second kappa shape index (κ2) is 4.29. The number of phenolic OH excluding ortho intramolecular Hbond substituents is 1. The molecule has 88 valence electrons. The maximum absolute atomic E-state index is 11.9. The minimum atomic E-state index is -0.236. The van der Waals surface area contributed by atoms with Crippen molar-refractivity contribution in [2.75, 3.05) is 5.32 Å². The number of rotatable bonds is 2. The Bertz CT molecular complexity index is 561. The highest BCUT2D eigenvalue weighted by atomic mass is 16.3. The quantitative estimate of drug-likeness (QED) is 0.739. The zero-order valence-corrected chi connectivity index (χ0v) is 9.61. The van der Waals surface area contributed by atoms with E-state index in [-0.39, 0.29) is 11.7 Å². The van der Waals surface area contributed by atoms with Crippen LogP contribution in [0, 0.1) is 13.8 Å². The lowest BCUT2D eigenvalue weighted by Crippen LogP contribution is -2.13. The minimum Gasteiger partial charge on any atom is -0.508 e. The van der Waals surface area contributed by atoms with Gasteiger partial charge in [-0.25, -0.2) is 0 Å². The predicted octanol–water partition coefficient (Wildman–Crippen LogP) is 1.98. The molecule has 3 N–H and O–H groups in total. The smallest absolute Gasteiger partial charge is 0.256 e. The van der Waals surface area contributed by atoms with Crippen molar-refractivity contribution in [3.05, 3.63) is 41.1 Å². The molecule has 5 heteroatoms. The van der Waals surface area contributed by atoms with E-state index in [9.17, 15) is 9.90 Å². The molecular weight excluding hydrogens is 218 g/mol. The molecule has 1 heterocycles. The fraction of sp³-hybridized carbons (Fsp3) is 0.167. The molecule has 1 amide bonds. The Kier molecular flexibility index (Phi) is 2.82. The van der Waals surface area contributed by atoms with Crippen LogP contribution in [0.15, 0.2) is 24.4 Å². The molecule has 0 saturated heterocycles. The lowest BCUT2D eigenvalue weighted by molar-refractivity contribution is 0.102. The van der Waals surface area contributed by atoms with E-state index in [4.69, 9.17) is 0 Å². The Morgan fingerprint density at radius 1 is 1.35 bits per heavy atom. The Labute approximate surface area is 98.5 Å². The summed E-state index contributed by atoms with van der Waals surface area (Å²) in [7, 11) is 0. The second-order valence-corrected chi connectivity index (χ2v) is 3.88. The highest BCUT2D eigenvalue weighted by Crippen LogP contribution is 2.18. The topological polar surface area (TPSA) is 78.0 Å². The number of carbonyl (C=O) groups is 1. The number of amides is 1. The van der Waals surface area contributed by atoms with Gasteiger partial charge in [0, 0.05) is 11.1 Å². The molecule has 0 aliphatic rings. The first-order chi connectivity index (χ1) is 8.08. The molecular formula is C12H13N3O2. The van der Waals surface area contributed by atoms with Gasteiger partial charge >= 0.3 is 0 Å². The van der Waals surface area contributed by atoms with E-state index in [1.165, 1.54) is 6.07 Å². The van der Waals surface area contributed by atoms with Crippen LogP contribution in [-0.2, 0) is 0 Å². The van der Waals surface area contributed by atoms with Crippen molar-refractivity contribution in [2.24, 2.45) is 0 Å². The normalized spacial score (nSPS) is 10.2. The van der Waals surface area contributed by atoms with Crippen LogP contribution in [0.4, 0.5) is 5.82 Å². The van der Waals surface area contributed by atoms with Crippen LogP contribution < -0.4 is 5.32 Å². The van der Waals surface area contributed by atoms with Gasteiger partial charge in [-0.15, -0.1) is 0 Å². The molecule has 0 fully saturated rings. The molecule has 2 rings (SSSR count). The highest BCUT2D eigenvalue weighted by Gasteiger charge is 2.09. The van der Waals surface area contributed by atoms with Crippen molar-refractivity contribution in [1.82, 2.24) is 10.2 Å². The average Bonchev–Trinajstić information content (AvgIpc) is 2.68. The summed E-state index contributed by atoms with van der Waals surface area (Å²) in [6, 6.07) is 4.71. The minimum absolute atomic E-state index is 0.180. The maximum Gasteiger partial charge on any atom is 0.256 e. The van der Waals surface area contributed by atoms with Gasteiger partial charge in [0.25, 0.3) is 5.91 Å². The molecule has 2 aromatic rings. The third-order valence-corrected chi connectivity index (χ3v) is 2.53. The van der Waals surface area contributed by atoms with E-state index in [1.807, 2.05) is 6.92 Å². The monoisotopic (exact) mass is 231 g/mol. The Morgan fingerprint density at radius 3 is 2.71 bits per heavy atom. The molecule has 0 saturated carbocycles. The van der Waals surface area contributed by atoms with E-state index in [2.05, 4.69) is 15.5 Å². The van der Waals surface area contributed by atoms with Gasteiger partial charge in [0.05, 0.1) is 6.20 Å². The lowest BCUT2D eigenvalue weighted by atomic mass is 10.1. The van der Waals surface area contributed by atoms with Crippen molar-refractivity contribution >= 4 is 11.7 Å². The number of carbonyl (C=O) groups excluding carboxylic acids is 1. The Hall–Kier alpha value is -2.30. The summed E-state index contributed by atoms with van der Waals surface area (Å²) >= 11 is 0. The average molecular weight is 231 g/mol. The van der Waals surface area contributed by atoms with Crippen molar-refractivity contribution < 1.29 is 9.90 Å². The van der Waals surface area contributed by atoms with Crippen LogP contribution >= 0.6 is 0 Å². The number of hydrogen-bond donors (Lipinski definition) is 3. The molecule has 0 spiro atoms. The van der Waals surface area contributed by atoms with E-state index in [0.717, 1.165) is 5.56 Å². The lowest BCUT2D eigenvalue weighted by Gasteiger charge is -2.05. The van der Waals surface area contributed by atoms with Gasteiger partial charge in [-0.1, -0.05) is 0 Å². The van der Waals surface area contributed by atoms with Crippen molar-refractivity contribution in [1.29, 1.82) is 0 Å². The molecule has 0 aliphatic carbocycles. The summed E-state index contributed by atoms with van der Waals surface area (Å²) in [5.41, 5.74) is 2.03. The van der Waals surface area contributed by atoms with Crippen molar-refractivity contribution in [3.63, 3.8) is 0 Å². The summed E-state index contributed by atoms with van der Waals surface area (Å²) in [5, 5.41) is 18.6. The van der Waals surface area contributed by atoms with Crippen LogP contribution in [0.1, 0.15) is 21.5 Å². The van der Waals surface area contributed by atoms with E-state index >= 15 is 0 Å². The van der Waals surface area contributed by atoms with Gasteiger partial charge < -0.3 is 10.4 Å². The molecule has 0 unspecified atom stereocenters. The van der Waals surface area contributed by atoms with Gasteiger partial charge in [0.15, 0.2) is 0 Å². The first-order valence-electron chi connectivity index (χ1n) is 5.19. The fourth-order valence-electron chi connectivity index (χ4n) is 1.46. The number of nitrogens with zero attached hydrogens (tertiary/aromatic N) is 1. The number of benzene rings is 1.